The first-order chi connectivity index (χ1) is 23.2. The van der Waals surface area contributed by atoms with Gasteiger partial charge in [-0.3, -0.25) is 15.8 Å². The van der Waals surface area contributed by atoms with E-state index < -0.39 is 0 Å². The molecule has 0 spiro atoms. The third-order valence-corrected chi connectivity index (χ3v) is 8.68. The lowest BCUT2D eigenvalue weighted by Gasteiger charge is -2.19. The average molecular weight is 603 g/mol. The van der Waals surface area contributed by atoms with Crippen molar-refractivity contribution in [1.29, 1.82) is 5.41 Å². The van der Waals surface area contributed by atoms with Crippen LogP contribution in [0.4, 0.5) is 5.69 Å². The quantitative estimate of drug-likeness (QED) is 0.113. The predicted molar refractivity (Wildman–Crippen MR) is 198 cm³/mol. The van der Waals surface area contributed by atoms with E-state index in [4.69, 9.17) is 5.41 Å². The van der Waals surface area contributed by atoms with Crippen LogP contribution < -0.4 is 5.43 Å². The van der Waals surface area contributed by atoms with Gasteiger partial charge in [-0.05, 0) is 109 Å². The summed E-state index contributed by atoms with van der Waals surface area (Å²) < 4.78 is 0. The molecule has 222 valence electrons. The Labute approximate surface area is 273 Å². The molecule has 1 aliphatic carbocycles. The molecule has 4 heteroatoms. The number of nitrogens with one attached hydrogen (secondary N) is 2. The van der Waals surface area contributed by atoms with Crippen molar-refractivity contribution in [3.63, 3.8) is 0 Å². The molecule has 1 aliphatic rings. The molecule has 0 atom stereocenters. The van der Waals surface area contributed by atoms with Gasteiger partial charge in [-0.25, -0.2) is 0 Å². The summed E-state index contributed by atoms with van der Waals surface area (Å²) in [6.45, 7) is 0. The Morgan fingerprint density at radius 3 is 1.68 bits per heavy atom. The van der Waals surface area contributed by atoms with E-state index >= 15 is 0 Å². The zero-order valence-electron chi connectivity index (χ0n) is 25.6. The average Bonchev–Trinajstić information content (AvgIpc) is 3.14. The number of fused-ring (bicyclic) bond motifs is 2. The van der Waals surface area contributed by atoms with E-state index in [1.807, 2.05) is 54.6 Å². The molecule has 0 aliphatic heterocycles. The van der Waals surface area contributed by atoms with Gasteiger partial charge in [-0.2, -0.15) is 5.10 Å². The van der Waals surface area contributed by atoms with Crippen molar-refractivity contribution in [3.8, 4) is 33.4 Å². The summed E-state index contributed by atoms with van der Waals surface area (Å²) >= 11 is 0. The predicted octanol–water partition coefficient (Wildman–Crippen LogP) is 10.8. The van der Waals surface area contributed by atoms with Crippen molar-refractivity contribution >= 4 is 44.2 Å². The van der Waals surface area contributed by atoms with Crippen LogP contribution in [0.3, 0.4) is 0 Å². The third kappa shape index (κ3) is 5.43. The summed E-state index contributed by atoms with van der Waals surface area (Å²) in [5, 5.41) is 18.2. The number of anilines is 1. The van der Waals surface area contributed by atoms with Crippen molar-refractivity contribution < 1.29 is 0 Å². The van der Waals surface area contributed by atoms with Gasteiger partial charge in [0.05, 0.1) is 11.4 Å². The number of aromatic nitrogens is 1. The molecule has 1 aromatic heterocycles. The van der Waals surface area contributed by atoms with Crippen LogP contribution >= 0.6 is 0 Å². The summed E-state index contributed by atoms with van der Waals surface area (Å²) in [4.78, 5) is 4.10. The van der Waals surface area contributed by atoms with E-state index in [2.05, 4.69) is 119 Å². The molecule has 0 saturated carbocycles. The molecule has 7 aromatic rings. The number of hydrogen-bond acceptors (Lipinski definition) is 4. The van der Waals surface area contributed by atoms with Crippen LogP contribution in [0.5, 0.6) is 0 Å². The lowest BCUT2D eigenvalue weighted by Crippen LogP contribution is -2.13. The second-order valence-electron chi connectivity index (χ2n) is 11.6. The minimum atomic E-state index is 0.357. The molecule has 8 rings (SSSR count). The Bertz CT molecular complexity index is 2350. The van der Waals surface area contributed by atoms with E-state index in [0.717, 1.165) is 28.0 Å². The van der Waals surface area contributed by atoms with Gasteiger partial charge in [0.1, 0.15) is 5.71 Å². The van der Waals surface area contributed by atoms with E-state index in [-0.39, 0.29) is 0 Å². The van der Waals surface area contributed by atoms with Crippen LogP contribution in [0.25, 0.3) is 60.5 Å². The molecule has 0 unspecified atom stereocenters. The molecule has 47 heavy (non-hydrogen) atoms. The molecule has 0 bridgehead atoms. The van der Waals surface area contributed by atoms with Crippen molar-refractivity contribution in [1.82, 2.24) is 4.98 Å². The van der Waals surface area contributed by atoms with Gasteiger partial charge in [-0.1, -0.05) is 115 Å². The zero-order chi connectivity index (χ0) is 31.6. The van der Waals surface area contributed by atoms with Crippen molar-refractivity contribution in [3.05, 3.63) is 176 Å². The van der Waals surface area contributed by atoms with Gasteiger partial charge in [0.2, 0.25) is 0 Å². The third-order valence-electron chi connectivity index (χ3n) is 8.68. The fourth-order valence-electron chi connectivity index (χ4n) is 6.41. The molecule has 1 heterocycles. The molecule has 0 fully saturated rings. The summed E-state index contributed by atoms with van der Waals surface area (Å²) in [6.07, 6.45) is 9.44. The molecule has 6 aromatic carbocycles. The normalized spacial score (nSPS) is 13.7. The van der Waals surface area contributed by atoms with Crippen LogP contribution in [-0.4, -0.2) is 16.4 Å². The smallest absolute Gasteiger partial charge is 0.108 e. The SMILES string of the molecule is N=C1C=C(c2ccc3c(-c4ccccc4)c4ccccc4c(-c4ccccc4)c3c2)C=C/C1=N/Nc1ccc(-c2ccncc2)cc1. The molecular formula is C43H30N4. The monoisotopic (exact) mass is 602 g/mol. The Kier molecular flexibility index (Phi) is 7.29. The summed E-state index contributed by atoms with van der Waals surface area (Å²) in [5.41, 5.74) is 14.0. The highest BCUT2D eigenvalue weighted by molar-refractivity contribution is 6.51. The van der Waals surface area contributed by atoms with Crippen LogP contribution in [0.15, 0.2) is 175 Å². The standard InChI is InChI=1S/C43H30N4/c44-40-28-34(18-22-41(40)47-46-35-19-15-29(16-20-35)30-23-25-45-26-24-30)33-17-21-38-39(27-33)43(32-11-5-2-6-12-32)37-14-8-7-13-36(37)42(38)31-9-3-1-4-10-31/h1-28,44,46H/b44-40?,47-41-. The van der Waals surface area contributed by atoms with Gasteiger partial charge in [0.25, 0.3) is 0 Å². The Hall–Kier alpha value is -6.39. The maximum atomic E-state index is 8.83. The fraction of sp³-hybridized carbons (Fsp3) is 0. The molecule has 0 saturated heterocycles. The largest absolute Gasteiger partial charge is 0.299 e. The van der Waals surface area contributed by atoms with Crippen LogP contribution in [-0.2, 0) is 0 Å². The van der Waals surface area contributed by atoms with Crippen molar-refractivity contribution in [2.24, 2.45) is 5.10 Å². The molecule has 0 amide bonds. The Morgan fingerprint density at radius 2 is 1.04 bits per heavy atom. The number of pyridine rings is 1. The van der Waals surface area contributed by atoms with Crippen LogP contribution in [0, 0.1) is 5.41 Å². The molecule has 4 nitrogen and oxygen atoms in total. The number of hydrogen-bond donors (Lipinski definition) is 2. The van der Waals surface area contributed by atoms with Gasteiger partial charge in [-0.15, -0.1) is 0 Å². The van der Waals surface area contributed by atoms with Gasteiger partial charge < -0.3 is 0 Å². The Morgan fingerprint density at radius 1 is 0.489 bits per heavy atom. The lowest BCUT2D eigenvalue weighted by atomic mass is 9.84. The first kappa shape index (κ1) is 28.1. The summed E-state index contributed by atoms with van der Waals surface area (Å²) in [5.74, 6) is 0. The molecule has 2 N–H and O–H groups in total. The zero-order valence-corrected chi connectivity index (χ0v) is 25.6. The van der Waals surface area contributed by atoms with Gasteiger partial charge in [0, 0.05) is 12.4 Å². The highest BCUT2D eigenvalue weighted by atomic mass is 15.3. The maximum Gasteiger partial charge on any atom is 0.108 e. The number of hydrazone groups is 1. The van der Waals surface area contributed by atoms with Crippen LogP contribution in [0.2, 0.25) is 0 Å². The fourth-order valence-corrected chi connectivity index (χ4v) is 6.41. The summed E-state index contributed by atoms with van der Waals surface area (Å²) in [7, 11) is 0. The number of nitrogens with zero attached hydrogens (tertiary/aromatic N) is 2. The highest BCUT2D eigenvalue weighted by Gasteiger charge is 2.18. The molecular weight excluding hydrogens is 573 g/mol. The minimum absolute atomic E-state index is 0.357. The molecule has 0 radical (unpaired) electrons. The first-order valence-electron chi connectivity index (χ1n) is 15.7. The topological polar surface area (TPSA) is 61.1 Å². The van der Waals surface area contributed by atoms with Gasteiger partial charge >= 0.3 is 0 Å². The number of allylic oxidation sites excluding steroid dienone is 4. The second kappa shape index (κ2) is 12.2. The lowest BCUT2D eigenvalue weighted by molar-refractivity contribution is 1.32. The Balaban J connectivity index is 1.16. The van der Waals surface area contributed by atoms with Crippen molar-refractivity contribution in [2.75, 3.05) is 5.43 Å². The van der Waals surface area contributed by atoms with Crippen molar-refractivity contribution in [2.45, 2.75) is 0 Å². The van der Waals surface area contributed by atoms with E-state index in [0.29, 0.717) is 11.4 Å². The second-order valence-corrected chi connectivity index (χ2v) is 11.6. The minimum Gasteiger partial charge on any atom is -0.299 e. The van der Waals surface area contributed by atoms with Crippen LogP contribution in [0.1, 0.15) is 5.56 Å². The number of benzene rings is 6. The van der Waals surface area contributed by atoms with E-state index in [1.165, 1.54) is 43.8 Å². The highest BCUT2D eigenvalue weighted by Crippen LogP contribution is 2.44. The van der Waals surface area contributed by atoms with Gasteiger partial charge in [0.15, 0.2) is 0 Å². The summed E-state index contributed by atoms with van der Waals surface area (Å²) in [6, 6.07) is 48.7. The first-order valence-corrected chi connectivity index (χ1v) is 15.7. The van der Waals surface area contributed by atoms with E-state index in [9.17, 15) is 0 Å². The number of rotatable bonds is 6. The maximum absolute atomic E-state index is 8.83. The van der Waals surface area contributed by atoms with E-state index in [1.54, 1.807) is 12.4 Å².